The lowest BCUT2D eigenvalue weighted by Crippen LogP contribution is -2.50. The molecule has 1 saturated heterocycles. The largest absolute Gasteiger partial charge is 0.335 e. The monoisotopic (exact) mass is 561 g/mol. The number of para-hydroxylation sites is 1. The smallest absolute Gasteiger partial charge is 0.270 e. The van der Waals surface area contributed by atoms with E-state index < -0.39 is 0 Å². The van der Waals surface area contributed by atoms with Crippen LogP contribution in [0.4, 0.5) is 5.69 Å². The van der Waals surface area contributed by atoms with Gasteiger partial charge in [0, 0.05) is 56.2 Å². The zero-order valence-corrected chi connectivity index (χ0v) is 24.8. The minimum Gasteiger partial charge on any atom is -0.335 e. The lowest BCUT2D eigenvalue weighted by molar-refractivity contribution is 0.0619. The van der Waals surface area contributed by atoms with Gasteiger partial charge in [-0.2, -0.15) is 0 Å². The highest BCUT2D eigenvalue weighted by Crippen LogP contribution is 2.31. The van der Waals surface area contributed by atoms with Gasteiger partial charge in [-0.1, -0.05) is 54.6 Å². The third-order valence-electron chi connectivity index (χ3n) is 8.58. The number of hydrogen-bond acceptors (Lipinski definition) is 4. The number of carbonyl (C=O) groups excluding carboxylic acids is 2. The fourth-order valence-corrected chi connectivity index (χ4v) is 6.05. The first-order valence-corrected chi connectivity index (χ1v) is 14.8. The molecule has 0 aliphatic carbocycles. The summed E-state index contributed by atoms with van der Waals surface area (Å²) < 4.78 is 2.11. The van der Waals surface area contributed by atoms with Crippen molar-refractivity contribution in [3.8, 4) is 11.1 Å². The van der Waals surface area contributed by atoms with Crippen LogP contribution in [0.15, 0.2) is 84.9 Å². The van der Waals surface area contributed by atoms with E-state index in [4.69, 9.17) is 0 Å². The highest BCUT2D eigenvalue weighted by Gasteiger charge is 2.30. The van der Waals surface area contributed by atoms with Crippen molar-refractivity contribution in [1.29, 1.82) is 0 Å². The van der Waals surface area contributed by atoms with Gasteiger partial charge in [-0.25, -0.2) is 0 Å². The van der Waals surface area contributed by atoms with Crippen LogP contribution >= 0.6 is 0 Å². The van der Waals surface area contributed by atoms with Crippen molar-refractivity contribution in [3.63, 3.8) is 0 Å². The molecule has 7 heteroatoms. The van der Waals surface area contributed by atoms with Crippen LogP contribution < -0.4 is 4.90 Å². The normalized spacial score (nSPS) is 15.3. The number of fused-ring (bicyclic) bond motifs is 2. The fourth-order valence-electron chi connectivity index (χ4n) is 6.05. The Morgan fingerprint density at radius 3 is 2.21 bits per heavy atom. The Hall–Kier alpha value is -4.20. The molecule has 216 valence electrons. The summed E-state index contributed by atoms with van der Waals surface area (Å²) >= 11 is 0. The van der Waals surface area contributed by atoms with Gasteiger partial charge in [-0.3, -0.25) is 14.5 Å². The molecule has 0 spiro atoms. The van der Waals surface area contributed by atoms with E-state index in [9.17, 15) is 9.59 Å². The van der Waals surface area contributed by atoms with Crippen LogP contribution in [0.3, 0.4) is 0 Å². The molecule has 6 rings (SSSR count). The highest BCUT2D eigenvalue weighted by molar-refractivity contribution is 6.07. The molecule has 0 saturated carbocycles. The molecule has 4 aromatic rings. The number of likely N-dealkylation sites (N-methyl/N-ethyl adjacent to an activating group) is 1. The lowest BCUT2D eigenvalue weighted by Gasteiger charge is -2.35. The van der Waals surface area contributed by atoms with Gasteiger partial charge in [0.2, 0.25) is 0 Å². The molecule has 0 atom stereocenters. The molecule has 42 heavy (non-hydrogen) atoms. The molecule has 0 bridgehead atoms. The number of amides is 2. The van der Waals surface area contributed by atoms with E-state index in [0.717, 1.165) is 61.8 Å². The van der Waals surface area contributed by atoms with Crippen molar-refractivity contribution >= 4 is 17.5 Å². The van der Waals surface area contributed by atoms with Crippen LogP contribution in [0.2, 0.25) is 0 Å². The second-order valence-electron chi connectivity index (χ2n) is 11.6. The van der Waals surface area contributed by atoms with Crippen LogP contribution in [0.5, 0.6) is 0 Å². The first-order chi connectivity index (χ1) is 20.4. The summed E-state index contributed by atoms with van der Waals surface area (Å²) in [7, 11) is 4.18. The quantitative estimate of drug-likeness (QED) is 0.333. The number of anilines is 1. The molecule has 3 heterocycles. The molecular formula is C35H39N5O2. The summed E-state index contributed by atoms with van der Waals surface area (Å²) in [6.45, 7) is 8.33. The number of hydrogen-bond donors (Lipinski definition) is 0. The first kappa shape index (κ1) is 27.9. The molecule has 7 nitrogen and oxygen atoms in total. The molecular weight excluding hydrogens is 522 g/mol. The molecule has 0 N–H and O–H groups in total. The third-order valence-corrected chi connectivity index (χ3v) is 8.58. The molecule has 0 radical (unpaired) electrons. The van der Waals surface area contributed by atoms with Crippen molar-refractivity contribution in [1.82, 2.24) is 19.3 Å². The molecule has 1 fully saturated rings. The van der Waals surface area contributed by atoms with Gasteiger partial charge < -0.3 is 19.3 Å². The Morgan fingerprint density at radius 2 is 1.48 bits per heavy atom. The highest BCUT2D eigenvalue weighted by atomic mass is 16.2. The van der Waals surface area contributed by atoms with E-state index in [1.807, 2.05) is 76.5 Å². The van der Waals surface area contributed by atoms with Crippen molar-refractivity contribution in [2.24, 2.45) is 0 Å². The van der Waals surface area contributed by atoms with Crippen molar-refractivity contribution in [2.45, 2.75) is 20.0 Å². The molecule has 3 aromatic carbocycles. The Morgan fingerprint density at radius 1 is 0.762 bits per heavy atom. The summed E-state index contributed by atoms with van der Waals surface area (Å²) in [4.78, 5) is 36.2. The maximum Gasteiger partial charge on any atom is 0.270 e. The Labute approximate surface area is 248 Å². The molecule has 2 amide bonds. The van der Waals surface area contributed by atoms with Gasteiger partial charge in [0.05, 0.1) is 13.1 Å². The zero-order chi connectivity index (χ0) is 29.2. The van der Waals surface area contributed by atoms with Crippen LogP contribution in [0.25, 0.3) is 11.1 Å². The predicted octanol–water partition coefficient (Wildman–Crippen LogP) is 4.99. The third kappa shape index (κ3) is 5.62. The van der Waals surface area contributed by atoms with Crippen LogP contribution in [-0.4, -0.2) is 84.4 Å². The number of benzene rings is 3. The van der Waals surface area contributed by atoms with Gasteiger partial charge in [0.25, 0.3) is 11.8 Å². The molecule has 2 aliphatic rings. The second kappa shape index (κ2) is 12.0. The van der Waals surface area contributed by atoms with Gasteiger partial charge in [0.15, 0.2) is 0 Å². The number of nitrogens with zero attached hydrogens (tertiary/aromatic N) is 5. The van der Waals surface area contributed by atoms with Gasteiger partial charge >= 0.3 is 0 Å². The number of carbonyl (C=O) groups is 2. The maximum absolute atomic E-state index is 14.0. The van der Waals surface area contributed by atoms with E-state index >= 15 is 0 Å². The second-order valence-corrected chi connectivity index (χ2v) is 11.6. The first-order valence-electron chi connectivity index (χ1n) is 14.8. The average molecular weight is 562 g/mol. The Balaban J connectivity index is 1.23. The number of aryl methyl sites for hydroxylation is 1. The van der Waals surface area contributed by atoms with Crippen molar-refractivity contribution in [3.05, 3.63) is 113 Å². The summed E-state index contributed by atoms with van der Waals surface area (Å²) in [5.74, 6) is 0.0210. The van der Waals surface area contributed by atoms with Crippen molar-refractivity contribution < 1.29 is 9.59 Å². The van der Waals surface area contributed by atoms with Crippen molar-refractivity contribution in [2.75, 3.05) is 58.3 Å². The van der Waals surface area contributed by atoms with Crippen LogP contribution in [0, 0.1) is 6.92 Å². The van der Waals surface area contributed by atoms with E-state index in [-0.39, 0.29) is 11.8 Å². The predicted molar refractivity (Wildman–Crippen MR) is 168 cm³/mol. The molecule has 2 aliphatic heterocycles. The standard InChI is InChI=1S/C35H39N5O2/c1-26-8-4-6-10-31(26)27-12-14-28(15-13-27)34(41)40-25-30-16-17-33(39(30)24-29-9-5-7-11-32(29)40)35(42)38-22-20-37(21-23-38)19-18-36(2)3/h4-17H,18-25H2,1-3H3. The van der Waals surface area contributed by atoms with Gasteiger partial charge in [-0.05, 0) is 73.6 Å². The summed E-state index contributed by atoms with van der Waals surface area (Å²) in [6, 6.07) is 28.2. The van der Waals surface area contributed by atoms with E-state index in [2.05, 4.69) is 53.6 Å². The number of rotatable bonds is 6. The summed E-state index contributed by atoms with van der Waals surface area (Å²) in [6.07, 6.45) is 0. The number of aromatic nitrogens is 1. The molecule has 0 unspecified atom stereocenters. The Kier molecular flexibility index (Phi) is 7.96. The molecule has 1 aromatic heterocycles. The van der Waals surface area contributed by atoms with Gasteiger partial charge in [0.1, 0.15) is 5.69 Å². The van der Waals surface area contributed by atoms with Crippen LogP contribution in [0.1, 0.15) is 37.7 Å². The topological polar surface area (TPSA) is 52.0 Å². The van der Waals surface area contributed by atoms with Crippen LogP contribution in [-0.2, 0) is 13.1 Å². The average Bonchev–Trinajstić information content (AvgIpc) is 3.32. The summed E-state index contributed by atoms with van der Waals surface area (Å²) in [5.41, 5.74) is 7.68. The fraction of sp³-hybridized carbons (Fsp3) is 0.314. The van der Waals surface area contributed by atoms with Gasteiger partial charge in [-0.15, -0.1) is 0 Å². The Bertz CT molecular complexity index is 1580. The van der Waals surface area contributed by atoms with E-state index in [1.165, 1.54) is 11.1 Å². The minimum absolute atomic E-state index is 0.0462. The summed E-state index contributed by atoms with van der Waals surface area (Å²) in [5, 5.41) is 0. The maximum atomic E-state index is 14.0. The minimum atomic E-state index is -0.0462. The lowest BCUT2D eigenvalue weighted by atomic mass is 9.99. The zero-order valence-electron chi connectivity index (χ0n) is 24.8. The SMILES string of the molecule is Cc1ccccc1-c1ccc(C(=O)N2Cc3ccc(C(=O)N4CCN(CCN(C)C)CC4)n3Cc3ccccc32)cc1. The van der Waals surface area contributed by atoms with E-state index in [0.29, 0.717) is 24.3 Å². The van der Waals surface area contributed by atoms with E-state index in [1.54, 1.807) is 0 Å². The number of piperazine rings is 1.